The van der Waals surface area contributed by atoms with Crippen LogP contribution in [0.1, 0.15) is 43.0 Å². The Hall–Kier alpha value is -2.17. The van der Waals surface area contributed by atoms with Gasteiger partial charge < -0.3 is 14.7 Å². The first-order valence-corrected chi connectivity index (χ1v) is 9.78. The van der Waals surface area contributed by atoms with E-state index in [9.17, 15) is 9.90 Å². The molecule has 4 rings (SSSR count). The SMILES string of the molecule is CC1(O)CCOC2(CCN(C(=O)c3ccccc3-c3ccccc3)CC2)C1. The molecule has 1 atom stereocenters. The predicted molar refractivity (Wildman–Crippen MR) is 106 cm³/mol. The van der Waals surface area contributed by atoms with Gasteiger partial charge >= 0.3 is 0 Å². The molecule has 0 aliphatic carbocycles. The van der Waals surface area contributed by atoms with Gasteiger partial charge in [0.25, 0.3) is 5.91 Å². The van der Waals surface area contributed by atoms with Crippen molar-refractivity contribution in [1.29, 1.82) is 0 Å². The van der Waals surface area contributed by atoms with E-state index in [4.69, 9.17) is 4.74 Å². The van der Waals surface area contributed by atoms with Gasteiger partial charge in [-0.1, -0.05) is 48.5 Å². The van der Waals surface area contributed by atoms with Gasteiger partial charge in [0.2, 0.25) is 0 Å². The molecule has 0 aromatic heterocycles. The Morgan fingerprint density at radius 2 is 1.67 bits per heavy atom. The van der Waals surface area contributed by atoms with E-state index in [-0.39, 0.29) is 11.5 Å². The Kier molecular flexibility index (Phi) is 4.79. The van der Waals surface area contributed by atoms with E-state index in [1.54, 1.807) is 0 Å². The molecule has 1 spiro atoms. The summed E-state index contributed by atoms with van der Waals surface area (Å²) in [4.78, 5) is 15.2. The number of ether oxygens (including phenoxy) is 1. The molecule has 0 saturated carbocycles. The Morgan fingerprint density at radius 1 is 1.00 bits per heavy atom. The minimum absolute atomic E-state index is 0.0758. The van der Waals surface area contributed by atoms with Crippen molar-refractivity contribution >= 4 is 5.91 Å². The van der Waals surface area contributed by atoms with Crippen LogP contribution in [0.3, 0.4) is 0 Å². The maximum atomic E-state index is 13.2. The molecule has 0 bridgehead atoms. The molecule has 2 aliphatic heterocycles. The molecule has 27 heavy (non-hydrogen) atoms. The molecule has 2 saturated heterocycles. The second-order valence-corrected chi connectivity index (χ2v) is 8.16. The summed E-state index contributed by atoms with van der Waals surface area (Å²) >= 11 is 0. The van der Waals surface area contributed by atoms with Crippen LogP contribution >= 0.6 is 0 Å². The van der Waals surface area contributed by atoms with Crippen molar-refractivity contribution in [2.45, 2.75) is 43.8 Å². The normalized spacial score (nSPS) is 24.7. The fraction of sp³-hybridized carbons (Fsp3) is 0.435. The van der Waals surface area contributed by atoms with Gasteiger partial charge in [-0.25, -0.2) is 0 Å². The van der Waals surface area contributed by atoms with Gasteiger partial charge in [0.05, 0.1) is 17.8 Å². The van der Waals surface area contributed by atoms with Crippen LogP contribution < -0.4 is 0 Å². The standard InChI is InChI=1S/C23H27NO3/c1-22(26)13-16-27-23(17-22)11-14-24(15-12-23)21(25)20-10-6-5-9-19(20)18-7-3-2-4-8-18/h2-10,26H,11-17H2,1H3. The molecule has 1 N–H and O–H groups in total. The molecule has 1 unspecified atom stereocenters. The second-order valence-electron chi connectivity index (χ2n) is 8.16. The zero-order chi connectivity index (χ0) is 18.9. The fourth-order valence-corrected chi connectivity index (χ4v) is 4.47. The summed E-state index contributed by atoms with van der Waals surface area (Å²) in [6, 6.07) is 17.9. The maximum absolute atomic E-state index is 13.2. The second kappa shape index (κ2) is 7.10. The van der Waals surface area contributed by atoms with Crippen molar-refractivity contribution in [3.05, 3.63) is 60.2 Å². The average Bonchev–Trinajstić information content (AvgIpc) is 2.68. The van der Waals surface area contributed by atoms with Crippen molar-refractivity contribution in [3.8, 4) is 11.1 Å². The third-order valence-corrected chi connectivity index (χ3v) is 5.96. The summed E-state index contributed by atoms with van der Waals surface area (Å²) < 4.78 is 6.07. The number of amides is 1. The lowest BCUT2D eigenvalue weighted by Gasteiger charge is -2.48. The third-order valence-electron chi connectivity index (χ3n) is 5.96. The van der Waals surface area contributed by atoms with Gasteiger partial charge in [-0.05, 0) is 43.4 Å². The summed E-state index contributed by atoms with van der Waals surface area (Å²) in [6.07, 6.45) is 2.90. The first-order valence-electron chi connectivity index (χ1n) is 9.78. The third kappa shape index (κ3) is 3.78. The van der Waals surface area contributed by atoms with E-state index < -0.39 is 5.60 Å². The number of carbonyl (C=O) groups is 1. The summed E-state index contributed by atoms with van der Waals surface area (Å²) in [5.41, 5.74) is 1.83. The molecule has 2 aliphatic rings. The highest BCUT2D eigenvalue weighted by molar-refractivity contribution is 6.00. The Balaban J connectivity index is 1.51. The molecule has 1 amide bonds. The van der Waals surface area contributed by atoms with Crippen molar-refractivity contribution in [1.82, 2.24) is 4.90 Å². The lowest BCUT2D eigenvalue weighted by molar-refractivity contribution is -0.170. The zero-order valence-electron chi connectivity index (χ0n) is 15.9. The van der Waals surface area contributed by atoms with Crippen LogP contribution in [0.4, 0.5) is 0 Å². The first kappa shape index (κ1) is 18.2. The topological polar surface area (TPSA) is 49.8 Å². The summed E-state index contributed by atoms with van der Waals surface area (Å²) in [7, 11) is 0. The molecule has 2 fully saturated rings. The van der Waals surface area contributed by atoms with Crippen LogP contribution in [0.5, 0.6) is 0 Å². The highest BCUT2D eigenvalue weighted by Crippen LogP contribution is 2.39. The molecule has 0 radical (unpaired) electrons. The Labute approximate surface area is 160 Å². The number of rotatable bonds is 2. The van der Waals surface area contributed by atoms with E-state index in [1.165, 1.54) is 0 Å². The lowest BCUT2D eigenvalue weighted by Crippen LogP contribution is -2.54. The van der Waals surface area contributed by atoms with Crippen molar-refractivity contribution in [2.75, 3.05) is 19.7 Å². The van der Waals surface area contributed by atoms with E-state index >= 15 is 0 Å². The number of benzene rings is 2. The minimum atomic E-state index is -0.662. The highest BCUT2D eigenvalue weighted by atomic mass is 16.5. The van der Waals surface area contributed by atoms with E-state index in [2.05, 4.69) is 0 Å². The van der Waals surface area contributed by atoms with Gasteiger partial charge in [0.1, 0.15) is 0 Å². The van der Waals surface area contributed by atoms with Crippen molar-refractivity contribution < 1.29 is 14.6 Å². The van der Waals surface area contributed by atoms with Gasteiger partial charge in [0.15, 0.2) is 0 Å². The van der Waals surface area contributed by atoms with Gasteiger partial charge in [-0.3, -0.25) is 4.79 Å². The number of carbonyl (C=O) groups excluding carboxylic acids is 1. The Morgan fingerprint density at radius 3 is 2.37 bits per heavy atom. The zero-order valence-corrected chi connectivity index (χ0v) is 15.9. The van der Waals surface area contributed by atoms with Crippen LogP contribution in [0.25, 0.3) is 11.1 Å². The van der Waals surface area contributed by atoms with Crippen LogP contribution in [-0.2, 0) is 4.74 Å². The molecule has 2 aromatic carbocycles. The van der Waals surface area contributed by atoms with E-state index in [1.807, 2.05) is 66.4 Å². The highest BCUT2D eigenvalue weighted by Gasteiger charge is 2.45. The van der Waals surface area contributed by atoms with Gasteiger partial charge in [-0.2, -0.15) is 0 Å². The largest absolute Gasteiger partial charge is 0.390 e. The molecular formula is C23H27NO3. The quantitative estimate of drug-likeness (QED) is 0.878. The summed E-state index contributed by atoms with van der Waals surface area (Å²) in [6.45, 7) is 3.82. The van der Waals surface area contributed by atoms with E-state index in [0.717, 1.165) is 29.5 Å². The molecule has 2 aromatic rings. The number of piperidine rings is 1. The summed E-state index contributed by atoms with van der Waals surface area (Å²) in [5, 5.41) is 10.4. The van der Waals surface area contributed by atoms with Crippen LogP contribution in [0.15, 0.2) is 54.6 Å². The molecular weight excluding hydrogens is 338 g/mol. The molecule has 4 heteroatoms. The average molecular weight is 365 g/mol. The number of aliphatic hydroxyl groups is 1. The molecule has 2 heterocycles. The monoisotopic (exact) mass is 365 g/mol. The fourth-order valence-electron chi connectivity index (χ4n) is 4.47. The van der Waals surface area contributed by atoms with Crippen LogP contribution in [0, 0.1) is 0 Å². The van der Waals surface area contributed by atoms with E-state index in [0.29, 0.717) is 32.5 Å². The van der Waals surface area contributed by atoms with Crippen LogP contribution in [-0.4, -0.2) is 46.8 Å². The lowest BCUT2D eigenvalue weighted by atomic mass is 9.77. The maximum Gasteiger partial charge on any atom is 0.254 e. The van der Waals surface area contributed by atoms with Crippen molar-refractivity contribution in [2.24, 2.45) is 0 Å². The molecule has 142 valence electrons. The number of nitrogens with zero attached hydrogens (tertiary/aromatic N) is 1. The van der Waals surface area contributed by atoms with Crippen molar-refractivity contribution in [3.63, 3.8) is 0 Å². The predicted octanol–water partition coefficient (Wildman–Crippen LogP) is 3.89. The molecule has 4 nitrogen and oxygen atoms in total. The Bertz CT molecular complexity index is 807. The first-order chi connectivity index (χ1) is 13.0. The minimum Gasteiger partial charge on any atom is -0.390 e. The number of hydrogen-bond donors (Lipinski definition) is 1. The van der Waals surface area contributed by atoms with Gasteiger partial charge in [-0.15, -0.1) is 0 Å². The van der Waals surface area contributed by atoms with Crippen LogP contribution in [0.2, 0.25) is 0 Å². The number of hydrogen-bond acceptors (Lipinski definition) is 3. The summed E-state index contributed by atoms with van der Waals surface area (Å²) in [5.74, 6) is 0.0758. The number of likely N-dealkylation sites (tertiary alicyclic amines) is 1. The smallest absolute Gasteiger partial charge is 0.254 e. The van der Waals surface area contributed by atoms with Gasteiger partial charge in [0, 0.05) is 25.1 Å².